The topological polar surface area (TPSA) is 42.0 Å². The molecule has 1 aromatic heterocycles. The Hall–Kier alpha value is -1.39. The third-order valence-corrected chi connectivity index (χ3v) is 3.01. The molecule has 0 atom stereocenters. The molecule has 0 fully saturated rings. The number of rotatable bonds is 2. The van der Waals surface area contributed by atoms with Crippen molar-refractivity contribution < 1.29 is 4.79 Å². The Bertz CT molecular complexity index is 560. The summed E-state index contributed by atoms with van der Waals surface area (Å²) in [5.41, 5.74) is 1.19. The van der Waals surface area contributed by atoms with E-state index in [0.29, 0.717) is 16.4 Å². The molecule has 0 unspecified atom stereocenters. The van der Waals surface area contributed by atoms with Crippen molar-refractivity contribution in [2.45, 2.75) is 0 Å². The fourth-order valence-electron chi connectivity index (χ4n) is 1.30. The van der Waals surface area contributed by atoms with Crippen LogP contribution in [0.2, 0.25) is 5.15 Å². The second-order valence-corrected chi connectivity index (χ2v) is 4.54. The van der Waals surface area contributed by atoms with Crippen LogP contribution in [0.25, 0.3) is 0 Å². The van der Waals surface area contributed by atoms with Gasteiger partial charge in [0.15, 0.2) is 0 Å². The highest BCUT2D eigenvalue weighted by atomic mass is 79.9. The van der Waals surface area contributed by atoms with Crippen LogP contribution in [-0.4, -0.2) is 10.9 Å². The molecule has 0 aliphatic rings. The summed E-state index contributed by atoms with van der Waals surface area (Å²) in [4.78, 5) is 15.7. The average molecular weight is 312 g/mol. The lowest BCUT2D eigenvalue weighted by atomic mass is 10.2. The number of nitrogens with zero attached hydrogens (tertiary/aromatic N) is 1. The molecule has 1 N–H and O–H groups in total. The second kappa shape index (κ2) is 5.29. The van der Waals surface area contributed by atoms with E-state index in [2.05, 4.69) is 26.2 Å². The molecule has 17 heavy (non-hydrogen) atoms. The van der Waals surface area contributed by atoms with Crippen LogP contribution in [0, 0.1) is 0 Å². The first kappa shape index (κ1) is 12.1. The van der Waals surface area contributed by atoms with Gasteiger partial charge in [-0.05, 0) is 40.2 Å². The molecule has 3 nitrogen and oxygen atoms in total. The third kappa shape index (κ3) is 3.05. The summed E-state index contributed by atoms with van der Waals surface area (Å²) >= 11 is 9.08. The van der Waals surface area contributed by atoms with E-state index in [-0.39, 0.29) is 5.91 Å². The number of amides is 1. The molecule has 2 aromatic rings. The van der Waals surface area contributed by atoms with Gasteiger partial charge >= 0.3 is 0 Å². The van der Waals surface area contributed by atoms with E-state index in [1.807, 2.05) is 24.3 Å². The van der Waals surface area contributed by atoms with Crippen molar-refractivity contribution in [1.29, 1.82) is 0 Å². The molecular formula is C12H8BrClN2O. The van der Waals surface area contributed by atoms with Gasteiger partial charge in [-0.1, -0.05) is 23.7 Å². The van der Waals surface area contributed by atoms with Gasteiger partial charge in [0.1, 0.15) is 5.15 Å². The van der Waals surface area contributed by atoms with Crippen molar-refractivity contribution in [2.75, 3.05) is 5.32 Å². The first-order valence-corrected chi connectivity index (χ1v) is 6.01. The van der Waals surface area contributed by atoms with E-state index in [1.165, 1.54) is 12.3 Å². The Kier molecular flexibility index (Phi) is 3.76. The fraction of sp³-hybridized carbons (Fsp3) is 0. The highest BCUT2D eigenvalue weighted by Gasteiger charge is 2.08. The number of para-hydroxylation sites is 1. The van der Waals surface area contributed by atoms with E-state index in [9.17, 15) is 4.79 Å². The molecule has 1 heterocycles. The molecule has 0 saturated heterocycles. The number of halogens is 2. The second-order valence-electron chi connectivity index (χ2n) is 3.30. The Labute approximate surface area is 112 Å². The van der Waals surface area contributed by atoms with Gasteiger partial charge in [-0.3, -0.25) is 4.79 Å². The van der Waals surface area contributed by atoms with Crippen molar-refractivity contribution >= 4 is 39.1 Å². The Morgan fingerprint density at radius 2 is 2.06 bits per heavy atom. The number of carbonyl (C=O) groups excluding carboxylic acids is 1. The summed E-state index contributed by atoms with van der Waals surface area (Å²) in [6.07, 6.45) is 1.50. The molecule has 5 heteroatoms. The zero-order chi connectivity index (χ0) is 12.3. The molecule has 1 aromatic carbocycles. The van der Waals surface area contributed by atoms with Gasteiger partial charge in [0.2, 0.25) is 0 Å². The molecule has 0 aliphatic heterocycles. The normalized spacial score (nSPS) is 10.0. The number of anilines is 1. The molecule has 0 saturated carbocycles. The van der Waals surface area contributed by atoms with Crippen LogP contribution in [0.1, 0.15) is 10.4 Å². The van der Waals surface area contributed by atoms with E-state index >= 15 is 0 Å². The highest BCUT2D eigenvalue weighted by Crippen LogP contribution is 2.22. The van der Waals surface area contributed by atoms with Crippen molar-refractivity contribution in [3.05, 3.63) is 57.8 Å². The van der Waals surface area contributed by atoms with Gasteiger partial charge in [-0.15, -0.1) is 0 Å². The monoisotopic (exact) mass is 310 g/mol. The largest absolute Gasteiger partial charge is 0.321 e. The van der Waals surface area contributed by atoms with Crippen LogP contribution in [0.3, 0.4) is 0 Å². The summed E-state index contributed by atoms with van der Waals surface area (Å²) < 4.78 is 0.827. The Morgan fingerprint density at radius 3 is 2.76 bits per heavy atom. The maximum absolute atomic E-state index is 11.9. The van der Waals surface area contributed by atoms with Crippen LogP contribution < -0.4 is 5.32 Å². The van der Waals surface area contributed by atoms with Gasteiger partial charge in [0.05, 0.1) is 5.69 Å². The molecule has 0 bridgehead atoms. The van der Waals surface area contributed by atoms with Crippen LogP contribution >= 0.6 is 27.5 Å². The lowest BCUT2D eigenvalue weighted by molar-refractivity contribution is 0.102. The smallest absolute Gasteiger partial charge is 0.255 e. The number of carbonyl (C=O) groups is 1. The SMILES string of the molecule is O=C(Nc1ccccc1Br)c1ccnc(Cl)c1. The average Bonchev–Trinajstić information content (AvgIpc) is 2.32. The third-order valence-electron chi connectivity index (χ3n) is 2.11. The predicted octanol–water partition coefficient (Wildman–Crippen LogP) is 3.75. The fourth-order valence-corrected chi connectivity index (χ4v) is 1.86. The van der Waals surface area contributed by atoms with Gasteiger partial charge in [0, 0.05) is 16.2 Å². The zero-order valence-corrected chi connectivity index (χ0v) is 11.0. The minimum absolute atomic E-state index is 0.221. The molecule has 1 amide bonds. The number of nitrogens with one attached hydrogen (secondary N) is 1. The van der Waals surface area contributed by atoms with E-state index < -0.39 is 0 Å². The van der Waals surface area contributed by atoms with Crippen molar-refractivity contribution in [3.8, 4) is 0 Å². The van der Waals surface area contributed by atoms with Crippen LogP contribution in [0.5, 0.6) is 0 Å². The summed E-state index contributed by atoms with van der Waals surface area (Å²) in [5.74, 6) is -0.221. The number of benzene rings is 1. The minimum Gasteiger partial charge on any atom is -0.321 e. The van der Waals surface area contributed by atoms with Crippen molar-refractivity contribution in [1.82, 2.24) is 4.98 Å². The summed E-state index contributed by atoms with van der Waals surface area (Å²) in [6, 6.07) is 10.5. The number of hydrogen-bond donors (Lipinski definition) is 1. The van der Waals surface area contributed by atoms with Crippen molar-refractivity contribution in [3.63, 3.8) is 0 Å². The number of pyridine rings is 1. The number of hydrogen-bond acceptors (Lipinski definition) is 2. The number of aromatic nitrogens is 1. The highest BCUT2D eigenvalue weighted by molar-refractivity contribution is 9.10. The predicted molar refractivity (Wildman–Crippen MR) is 71.3 cm³/mol. The first-order valence-electron chi connectivity index (χ1n) is 4.84. The molecule has 86 valence electrons. The maximum atomic E-state index is 11.9. The molecule has 0 aliphatic carbocycles. The van der Waals surface area contributed by atoms with Gasteiger partial charge < -0.3 is 5.32 Å². The van der Waals surface area contributed by atoms with E-state index in [1.54, 1.807) is 6.07 Å². The van der Waals surface area contributed by atoms with E-state index in [0.717, 1.165) is 4.47 Å². The summed E-state index contributed by atoms with van der Waals surface area (Å²) in [5, 5.41) is 3.08. The lowest BCUT2D eigenvalue weighted by Gasteiger charge is -2.06. The van der Waals surface area contributed by atoms with Gasteiger partial charge in [0.25, 0.3) is 5.91 Å². The quantitative estimate of drug-likeness (QED) is 0.858. The maximum Gasteiger partial charge on any atom is 0.255 e. The molecule has 0 spiro atoms. The minimum atomic E-state index is -0.221. The van der Waals surface area contributed by atoms with Crippen LogP contribution in [0.15, 0.2) is 47.1 Å². The lowest BCUT2D eigenvalue weighted by Crippen LogP contribution is -2.12. The summed E-state index contributed by atoms with van der Waals surface area (Å²) in [7, 11) is 0. The van der Waals surface area contributed by atoms with E-state index in [4.69, 9.17) is 11.6 Å². The zero-order valence-electron chi connectivity index (χ0n) is 8.65. The van der Waals surface area contributed by atoms with Crippen molar-refractivity contribution in [2.24, 2.45) is 0 Å². The summed E-state index contributed by atoms with van der Waals surface area (Å²) in [6.45, 7) is 0. The van der Waals surface area contributed by atoms with Crippen LogP contribution in [0.4, 0.5) is 5.69 Å². The van der Waals surface area contributed by atoms with Crippen LogP contribution in [-0.2, 0) is 0 Å². The first-order chi connectivity index (χ1) is 8.16. The molecule has 0 radical (unpaired) electrons. The van der Waals surface area contributed by atoms with Gasteiger partial charge in [-0.25, -0.2) is 4.98 Å². The Morgan fingerprint density at radius 1 is 1.29 bits per heavy atom. The molecule has 2 rings (SSSR count). The Balaban J connectivity index is 2.20. The molecular weight excluding hydrogens is 304 g/mol. The van der Waals surface area contributed by atoms with Gasteiger partial charge in [-0.2, -0.15) is 0 Å². The standard InChI is InChI=1S/C12H8BrClN2O/c13-9-3-1-2-4-10(9)16-12(17)8-5-6-15-11(14)7-8/h1-7H,(H,16,17).